The molecule has 0 bridgehead atoms. The van der Waals surface area contributed by atoms with E-state index in [1.165, 1.54) is 18.5 Å². The van der Waals surface area contributed by atoms with Crippen molar-refractivity contribution in [1.82, 2.24) is 4.98 Å². The molecule has 0 saturated heterocycles. The Labute approximate surface area is 139 Å². The fraction of sp³-hybridized carbons (Fsp3) is 0.333. The molecule has 0 amide bonds. The first-order valence-electron chi connectivity index (χ1n) is 7.51. The number of aromatic hydroxyl groups is 1. The van der Waals surface area contributed by atoms with Gasteiger partial charge in [0.15, 0.2) is 17.6 Å². The molecule has 124 valence electrons. The summed E-state index contributed by atoms with van der Waals surface area (Å²) in [5.74, 6) is 0.598. The second-order valence-electron chi connectivity index (χ2n) is 6.47. The Balaban J connectivity index is 2.14. The summed E-state index contributed by atoms with van der Waals surface area (Å²) in [6, 6.07) is 8.55. The van der Waals surface area contributed by atoms with Crippen LogP contribution in [0.25, 0.3) is 0 Å². The number of pyridine rings is 1. The molecule has 2 N–H and O–H groups in total. The van der Waals surface area contributed by atoms with Gasteiger partial charge in [0.05, 0.1) is 17.8 Å². The molecule has 2 aromatic rings. The van der Waals surface area contributed by atoms with Gasteiger partial charge in [-0.3, -0.25) is 4.98 Å². The highest BCUT2D eigenvalue weighted by molar-refractivity contribution is 5.48. The molecular weight excluding hydrogens is 308 g/mol. The molecule has 3 rings (SSSR count). The summed E-state index contributed by atoms with van der Waals surface area (Å²) in [7, 11) is 0. The van der Waals surface area contributed by atoms with Crippen LogP contribution < -0.4 is 9.47 Å². The lowest BCUT2D eigenvalue weighted by atomic mass is 9.77. The van der Waals surface area contributed by atoms with Crippen LogP contribution in [-0.4, -0.2) is 26.4 Å². The van der Waals surface area contributed by atoms with E-state index in [2.05, 4.69) is 11.1 Å². The lowest BCUT2D eigenvalue weighted by Gasteiger charge is -2.48. The van der Waals surface area contributed by atoms with Crippen LogP contribution in [0.3, 0.4) is 0 Å². The molecule has 0 aliphatic carbocycles. The number of fused-ring (bicyclic) bond motifs is 1. The average molecular weight is 326 g/mol. The van der Waals surface area contributed by atoms with Crippen molar-refractivity contribution in [3.63, 3.8) is 0 Å². The fourth-order valence-corrected chi connectivity index (χ4v) is 2.69. The van der Waals surface area contributed by atoms with Crippen molar-refractivity contribution in [2.24, 2.45) is 0 Å². The van der Waals surface area contributed by atoms with Gasteiger partial charge in [-0.1, -0.05) is 0 Å². The minimum absolute atomic E-state index is 0.129. The topological polar surface area (TPSA) is 95.6 Å². The molecule has 2 atom stereocenters. The minimum Gasteiger partial charge on any atom is -0.503 e. The van der Waals surface area contributed by atoms with Crippen molar-refractivity contribution in [3.8, 4) is 23.3 Å². The van der Waals surface area contributed by atoms with E-state index in [4.69, 9.17) is 14.7 Å². The van der Waals surface area contributed by atoms with Gasteiger partial charge in [-0.05, 0) is 39.0 Å². The zero-order chi connectivity index (χ0) is 17.5. The van der Waals surface area contributed by atoms with E-state index < -0.39 is 17.3 Å². The highest BCUT2D eigenvalue weighted by atomic mass is 16.6. The lowest BCUT2D eigenvalue weighted by molar-refractivity contribution is -0.174. The Hall–Kier alpha value is -2.78. The van der Waals surface area contributed by atoms with Crippen LogP contribution >= 0.6 is 0 Å². The van der Waals surface area contributed by atoms with Crippen LogP contribution in [0.2, 0.25) is 0 Å². The third-order valence-electron chi connectivity index (χ3n) is 4.52. The van der Waals surface area contributed by atoms with Crippen molar-refractivity contribution < 1.29 is 19.7 Å². The van der Waals surface area contributed by atoms with E-state index in [-0.39, 0.29) is 11.5 Å². The van der Waals surface area contributed by atoms with Crippen LogP contribution in [0.5, 0.6) is 17.2 Å². The molecule has 1 aromatic heterocycles. The predicted molar refractivity (Wildman–Crippen MR) is 85.8 cm³/mol. The summed E-state index contributed by atoms with van der Waals surface area (Å²) in [6.07, 6.45) is 1.92. The van der Waals surface area contributed by atoms with Crippen LogP contribution in [0.1, 0.15) is 38.0 Å². The van der Waals surface area contributed by atoms with Gasteiger partial charge in [0.2, 0.25) is 0 Å². The number of rotatable bonds is 2. The van der Waals surface area contributed by atoms with Crippen molar-refractivity contribution in [2.75, 3.05) is 0 Å². The van der Waals surface area contributed by atoms with Crippen molar-refractivity contribution in [1.29, 1.82) is 5.26 Å². The van der Waals surface area contributed by atoms with Crippen LogP contribution in [0.15, 0.2) is 36.7 Å². The number of nitrogens with zero attached hydrogens (tertiary/aromatic N) is 2. The average Bonchev–Trinajstić information content (AvgIpc) is 2.53. The van der Waals surface area contributed by atoms with Gasteiger partial charge in [0, 0.05) is 17.8 Å². The van der Waals surface area contributed by atoms with Gasteiger partial charge in [-0.2, -0.15) is 5.26 Å². The summed E-state index contributed by atoms with van der Waals surface area (Å²) in [4.78, 5) is 3.81. The van der Waals surface area contributed by atoms with Crippen molar-refractivity contribution >= 4 is 0 Å². The zero-order valence-corrected chi connectivity index (χ0v) is 13.6. The third kappa shape index (κ3) is 2.43. The highest BCUT2D eigenvalue weighted by Gasteiger charge is 2.54. The molecule has 0 fully saturated rings. The van der Waals surface area contributed by atoms with E-state index in [1.807, 2.05) is 0 Å². The molecular formula is C18H18N2O4. The number of nitriles is 1. The largest absolute Gasteiger partial charge is 0.503 e. The van der Waals surface area contributed by atoms with Gasteiger partial charge in [-0.15, -0.1) is 0 Å². The van der Waals surface area contributed by atoms with Gasteiger partial charge < -0.3 is 19.7 Å². The molecule has 0 radical (unpaired) electrons. The van der Waals surface area contributed by atoms with Crippen LogP contribution in [0, 0.1) is 11.3 Å². The molecule has 24 heavy (non-hydrogen) atoms. The number of ether oxygens (including phenoxy) is 2. The smallest absolute Gasteiger partial charge is 0.176 e. The van der Waals surface area contributed by atoms with Gasteiger partial charge in [0.1, 0.15) is 17.0 Å². The standard InChI is InChI=1S/C18H18N2O4/c1-17(2)18(3,22)16(23-15-6-7-20-10-13(15)21)12-8-11(9-19)4-5-14(12)24-17/h4-8,10,16,21-22H,1-3H3. The first-order valence-corrected chi connectivity index (χ1v) is 7.51. The maximum atomic E-state index is 11.1. The number of aromatic nitrogens is 1. The normalized spacial score (nSPS) is 24.4. The van der Waals surface area contributed by atoms with E-state index in [0.29, 0.717) is 16.9 Å². The third-order valence-corrected chi connectivity index (χ3v) is 4.52. The molecule has 1 aliphatic rings. The summed E-state index contributed by atoms with van der Waals surface area (Å²) in [5.41, 5.74) is -1.37. The Morgan fingerprint density at radius 2 is 2.04 bits per heavy atom. The van der Waals surface area contributed by atoms with E-state index in [0.717, 1.165) is 0 Å². The molecule has 2 heterocycles. The van der Waals surface area contributed by atoms with E-state index in [9.17, 15) is 10.2 Å². The van der Waals surface area contributed by atoms with E-state index in [1.54, 1.807) is 39.0 Å². The maximum Gasteiger partial charge on any atom is 0.176 e. The van der Waals surface area contributed by atoms with Gasteiger partial charge >= 0.3 is 0 Å². The minimum atomic E-state index is -1.41. The van der Waals surface area contributed by atoms with Crippen LogP contribution in [-0.2, 0) is 0 Å². The number of aliphatic hydroxyl groups is 1. The second kappa shape index (κ2) is 5.39. The second-order valence-corrected chi connectivity index (χ2v) is 6.47. The molecule has 2 unspecified atom stereocenters. The summed E-state index contributed by atoms with van der Waals surface area (Å²) in [5, 5.41) is 30.2. The Bertz CT molecular complexity index is 824. The quantitative estimate of drug-likeness (QED) is 0.881. The SMILES string of the molecule is CC1(C)Oc2ccc(C#N)cc2C(Oc2ccncc2O)C1(C)O. The number of hydrogen-bond donors (Lipinski definition) is 2. The van der Waals surface area contributed by atoms with Crippen LogP contribution in [0.4, 0.5) is 0 Å². The van der Waals surface area contributed by atoms with Gasteiger partial charge in [-0.25, -0.2) is 0 Å². The van der Waals surface area contributed by atoms with Crippen molar-refractivity contribution in [3.05, 3.63) is 47.8 Å². The first kappa shape index (κ1) is 16.1. The highest BCUT2D eigenvalue weighted by Crippen LogP contribution is 2.49. The van der Waals surface area contributed by atoms with Gasteiger partial charge in [0.25, 0.3) is 0 Å². The summed E-state index contributed by atoms with van der Waals surface area (Å²) < 4.78 is 11.9. The molecule has 1 aliphatic heterocycles. The summed E-state index contributed by atoms with van der Waals surface area (Å²) >= 11 is 0. The predicted octanol–water partition coefficient (Wildman–Crippen LogP) is 2.70. The number of benzene rings is 1. The first-order chi connectivity index (χ1) is 11.3. The Morgan fingerprint density at radius 3 is 2.71 bits per heavy atom. The monoisotopic (exact) mass is 326 g/mol. The molecule has 0 spiro atoms. The molecule has 0 saturated carbocycles. The lowest BCUT2D eigenvalue weighted by Crippen LogP contribution is -2.59. The maximum absolute atomic E-state index is 11.1. The number of hydrogen-bond acceptors (Lipinski definition) is 6. The zero-order valence-electron chi connectivity index (χ0n) is 13.6. The Morgan fingerprint density at radius 1 is 1.29 bits per heavy atom. The van der Waals surface area contributed by atoms with Crippen molar-refractivity contribution in [2.45, 2.75) is 38.1 Å². The molecule has 1 aromatic carbocycles. The Kier molecular flexibility index (Phi) is 3.61. The summed E-state index contributed by atoms with van der Waals surface area (Å²) in [6.45, 7) is 5.13. The molecule has 6 nitrogen and oxygen atoms in total. The van der Waals surface area contributed by atoms with E-state index >= 15 is 0 Å². The molecule has 6 heteroatoms. The fourth-order valence-electron chi connectivity index (χ4n) is 2.69.